The average molecular weight is 300 g/mol. The molecule has 1 aromatic carbocycles. The summed E-state index contributed by atoms with van der Waals surface area (Å²) >= 11 is 3.09. The maximum absolute atomic E-state index is 13.2. The number of aromatic nitrogens is 2. The molecule has 0 unspecified atom stereocenters. The van der Waals surface area contributed by atoms with Crippen LogP contribution in [0, 0.1) is 18.7 Å². The molecule has 1 N–H and O–H groups in total. The highest BCUT2D eigenvalue weighted by atomic mass is 79.9. The minimum absolute atomic E-state index is 0.319. The number of benzene rings is 1. The third kappa shape index (κ3) is 2.76. The summed E-state index contributed by atoms with van der Waals surface area (Å²) in [5.74, 6) is -0.651. The van der Waals surface area contributed by atoms with Crippen LogP contribution in [0.15, 0.2) is 29.0 Å². The van der Waals surface area contributed by atoms with Crippen molar-refractivity contribution in [2.75, 3.05) is 5.32 Å². The molecule has 0 bridgehead atoms. The highest BCUT2D eigenvalue weighted by molar-refractivity contribution is 9.10. The first-order chi connectivity index (χ1) is 8.06. The Hall–Kier alpha value is -1.56. The average Bonchev–Trinajstić information content (AvgIpc) is 2.26. The summed E-state index contributed by atoms with van der Waals surface area (Å²) in [6, 6.07) is 4.12. The molecule has 0 fully saturated rings. The normalized spacial score (nSPS) is 10.4. The van der Waals surface area contributed by atoms with Crippen molar-refractivity contribution >= 4 is 27.4 Å². The van der Waals surface area contributed by atoms with Crippen LogP contribution < -0.4 is 5.32 Å². The van der Waals surface area contributed by atoms with Crippen LogP contribution >= 0.6 is 15.9 Å². The number of rotatable bonds is 2. The van der Waals surface area contributed by atoms with Crippen molar-refractivity contribution < 1.29 is 8.78 Å². The number of hydrogen-bond acceptors (Lipinski definition) is 3. The molecule has 0 saturated carbocycles. The van der Waals surface area contributed by atoms with Gasteiger partial charge in [0.1, 0.15) is 18.0 Å². The first-order valence-corrected chi connectivity index (χ1v) is 5.56. The van der Waals surface area contributed by atoms with Gasteiger partial charge in [-0.25, -0.2) is 14.4 Å². The zero-order chi connectivity index (χ0) is 12.4. The van der Waals surface area contributed by atoms with Crippen molar-refractivity contribution in [1.82, 2.24) is 9.97 Å². The van der Waals surface area contributed by atoms with E-state index >= 15 is 0 Å². The molecule has 3 nitrogen and oxygen atoms in total. The first-order valence-electron chi connectivity index (χ1n) is 4.76. The van der Waals surface area contributed by atoms with E-state index in [0.717, 1.165) is 12.4 Å². The van der Waals surface area contributed by atoms with Crippen molar-refractivity contribution in [3.05, 3.63) is 46.3 Å². The molecule has 0 amide bonds. The zero-order valence-corrected chi connectivity index (χ0v) is 10.4. The highest BCUT2D eigenvalue weighted by Gasteiger charge is 2.06. The Balaban J connectivity index is 2.33. The van der Waals surface area contributed by atoms with Crippen molar-refractivity contribution in [2.24, 2.45) is 0 Å². The molecule has 2 aromatic rings. The Morgan fingerprint density at radius 3 is 2.65 bits per heavy atom. The van der Waals surface area contributed by atoms with Gasteiger partial charge in [-0.15, -0.1) is 0 Å². The van der Waals surface area contributed by atoms with Gasteiger partial charge in [-0.1, -0.05) is 0 Å². The van der Waals surface area contributed by atoms with E-state index in [2.05, 4.69) is 31.2 Å². The minimum atomic E-state index is -0.624. The second kappa shape index (κ2) is 4.75. The van der Waals surface area contributed by atoms with Gasteiger partial charge in [0.2, 0.25) is 5.95 Å². The predicted molar refractivity (Wildman–Crippen MR) is 64.1 cm³/mol. The molecule has 1 aromatic heterocycles. The summed E-state index contributed by atoms with van der Waals surface area (Å²) in [7, 11) is 0. The Bertz CT molecular complexity index is 560. The maximum Gasteiger partial charge on any atom is 0.218 e. The van der Waals surface area contributed by atoms with Gasteiger partial charge < -0.3 is 5.32 Å². The van der Waals surface area contributed by atoms with Gasteiger partial charge in [-0.2, -0.15) is 4.39 Å². The molecule has 0 aliphatic rings. The summed E-state index contributed by atoms with van der Waals surface area (Å²) < 4.78 is 26.4. The van der Waals surface area contributed by atoms with Gasteiger partial charge in [0, 0.05) is 11.8 Å². The van der Waals surface area contributed by atoms with Crippen molar-refractivity contribution in [3.8, 4) is 0 Å². The minimum Gasteiger partial charge on any atom is -0.340 e. The third-order valence-electron chi connectivity index (χ3n) is 2.16. The predicted octanol–water partition coefficient (Wildman–Crippen LogP) is 3.57. The molecular formula is C11H8BrF2N3. The second-order valence-electron chi connectivity index (χ2n) is 3.43. The summed E-state index contributed by atoms with van der Waals surface area (Å²) in [6.07, 6.45) is 1.12. The first kappa shape index (κ1) is 11.9. The molecule has 1 heterocycles. The van der Waals surface area contributed by atoms with E-state index in [4.69, 9.17) is 0 Å². The smallest absolute Gasteiger partial charge is 0.218 e. The van der Waals surface area contributed by atoms with E-state index in [1.165, 1.54) is 6.07 Å². The van der Waals surface area contributed by atoms with Gasteiger partial charge in [0.15, 0.2) is 0 Å². The van der Waals surface area contributed by atoms with E-state index in [0.29, 0.717) is 21.5 Å². The van der Waals surface area contributed by atoms with Crippen LogP contribution in [0.5, 0.6) is 0 Å². The molecule has 17 heavy (non-hydrogen) atoms. The van der Waals surface area contributed by atoms with Gasteiger partial charge in [-0.3, -0.25) is 0 Å². The molecule has 0 atom stereocenters. The number of halogens is 3. The van der Waals surface area contributed by atoms with Crippen molar-refractivity contribution in [2.45, 2.75) is 6.92 Å². The molecule has 0 spiro atoms. The molecule has 6 heteroatoms. The fraction of sp³-hybridized carbons (Fsp3) is 0.0909. The number of anilines is 2. The Kier molecular flexibility index (Phi) is 3.33. The lowest BCUT2D eigenvalue weighted by Crippen LogP contribution is -1.98. The molecule has 88 valence electrons. The summed E-state index contributed by atoms with van der Waals surface area (Å²) in [6.45, 7) is 1.75. The number of hydrogen-bond donors (Lipinski definition) is 1. The monoisotopic (exact) mass is 299 g/mol. The van der Waals surface area contributed by atoms with Crippen LogP contribution in [0.3, 0.4) is 0 Å². The standard InChI is InChI=1S/C11H8BrF2N3/c1-6-2-8(13)7(12)3-9(6)17-11-4-10(14)15-5-16-11/h2-5H,1H3,(H,15,16,17). The molecule has 0 saturated heterocycles. The molecule has 0 aliphatic heterocycles. The molecule has 2 rings (SSSR count). The Labute approximate surface area is 105 Å². The van der Waals surface area contributed by atoms with Gasteiger partial charge in [-0.05, 0) is 40.5 Å². The second-order valence-corrected chi connectivity index (χ2v) is 4.29. The highest BCUT2D eigenvalue weighted by Crippen LogP contribution is 2.26. The van der Waals surface area contributed by atoms with Gasteiger partial charge in [0.05, 0.1) is 4.47 Å². The summed E-state index contributed by atoms with van der Waals surface area (Å²) in [5, 5.41) is 2.89. The van der Waals surface area contributed by atoms with E-state index in [9.17, 15) is 8.78 Å². The molecular weight excluding hydrogens is 292 g/mol. The molecule has 0 aliphatic carbocycles. The van der Waals surface area contributed by atoms with Crippen molar-refractivity contribution in [1.29, 1.82) is 0 Å². The lowest BCUT2D eigenvalue weighted by molar-refractivity contribution is 0.580. The van der Waals surface area contributed by atoms with Crippen LogP contribution in [0.1, 0.15) is 5.56 Å². The Morgan fingerprint density at radius 2 is 1.94 bits per heavy atom. The van der Waals surface area contributed by atoms with Crippen molar-refractivity contribution in [3.63, 3.8) is 0 Å². The molecule has 0 radical (unpaired) electrons. The van der Waals surface area contributed by atoms with Crippen LogP contribution in [-0.2, 0) is 0 Å². The largest absolute Gasteiger partial charge is 0.340 e. The topological polar surface area (TPSA) is 37.8 Å². The van der Waals surface area contributed by atoms with Gasteiger partial charge in [0.25, 0.3) is 0 Å². The van der Waals surface area contributed by atoms with E-state index in [-0.39, 0.29) is 5.82 Å². The number of nitrogens with one attached hydrogen (secondary N) is 1. The Morgan fingerprint density at radius 1 is 1.18 bits per heavy atom. The fourth-order valence-corrected chi connectivity index (χ4v) is 1.66. The van der Waals surface area contributed by atoms with Crippen LogP contribution in [0.2, 0.25) is 0 Å². The number of nitrogens with zero attached hydrogens (tertiary/aromatic N) is 2. The van der Waals surface area contributed by atoms with Gasteiger partial charge >= 0.3 is 0 Å². The van der Waals surface area contributed by atoms with Crippen LogP contribution in [0.4, 0.5) is 20.3 Å². The van der Waals surface area contributed by atoms with Crippen LogP contribution in [-0.4, -0.2) is 9.97 Å². The van der Waals surface area contributed by atoms with E-state index in [1.807, 2.05) is 0 Å². The van der Waals surface area contributed by atoms with Crippen LogP contribution in [0.25, 0.3) is 0 Å². The SMILES string of the molecule is Cc1cc(F)c(Br)cc1Nc1cc(F)ncn1. The summed E-state index contributed by atoms with van der Waals surface area (Å²) in [4.78, 5) is 7.21. The lowest BCUT2D eigenvalue weighted by Gasteiger charge is -2.09. The maximum atomic E-state index is 13.2. The number of aryl methyl sites for hydroxylation is 1. The third-order valence-corrected chi connectivity index (χ3v) is 2.77. The quantitative estimate of drug-likeness (QED) is 0.862. The summed E-state index contributed by atoms with van der Waals surface area (Å²) in [5.41, 5.74) is 1.35. The van der Waals surface area contributed by atoms with E-state index < -0.39 is 5.95 Å². The lowest BCUT2D eigenvalue weighted by atomic mass is 10.2. The van der Waals surface area contributed by atoms with E-state index in [1.54, 1.807) is 13.0 Å². The fourth-order valence-electron chi connectivity index (χ4n) is 1.32. The zero-order valence-electron chi connectivity index (χ0n) is 8.84.